The lowest BCUT2D eigenvalue weighted by Crippen LogP contribution is -2.36. The minimum Gasteiger partial charge on any atom is -0.392 e. The van der Waals surface area contributed by atoms with E-state index < -0.39 is 10.0 Å². The third kappa shape index (κ3) is 4.37. The summed E-state index contributed by atoms with van der Waals surface area (Å²) >= 11 is 4.64. The molecule has 0 aliphatic carbocycles. The average molecular weight is 273 g/mol. The Labute approximate surface area is 107 Å². The Balaban J connectivity index is 2.82. The van der Waals surface area contributed by atoms with Gasteiger partial charge in [-0.1, -0.05) is 19.1 Å². The Morgan fingerprint density at radius 2 is 2.06 bits per heavy atom. The molecule has 94 valence electrons. The van der Waals surface area contributed by atoms with E-state index in [1.54, 1.807) is 31.5 Å². The fourth-order valence-corrected chi connectivity index (χ4v) is 3.10. The van der Waals surface area contributed by atoms with E-state index >= 15 is 0 Å². The highest BCUT2D eigenvalue weighted by molar-refractivity contribution is 7.92. The predicted molar refractivity (Wildman–Crippen MR) is 70.9 cm³/mol. The molecule has 0 aliphatic rings. The van der Waals surface area contributed by atoms with Crippen LogP contribution in [0.1, 0.15) is 12.5 Å². The summed E-state index contributed by atoms with van der Waals surface area (Å²) in [7, 11) is -3.42. The monoisotopic (exact) mass is 273 g/mol. The SMILES string of the molecule is CCN(Cc1ccncc1)S(=O)(=O)CC(N)=S. The molecule has 0 spiro atoms. The van der Waals surface area contributed by atoms with E-state index in [0.717, 1.165) is 5.56 Å². The highest BCUT2D eigenvalue weighted by Gasteiger charge is 2.21. The number of hydrogen-bond donors (Lipinski definition) is 1. The summed E-state index contributed by atoms with van der Waals surface area (Å²) in [5.74, 6) is -0.290. The Morgan fingerprint density at radius 1 is 1.47 bits per heavy atom. The number of thiocarbonyl (C=S) groups is 1. The largest absolute Gasteiger partial charge is 0.392 e. The van der Waals surface area contributed by atoms with Gasteiger partial charge in [0.15, 0.2) is 0 Å². The molecule has 0 aromatic carbocycles. The Hall–Kier alpha value is -1.05. The van der Waals surface area contributed by atoms with Crippen LogP contribution in [0.25, 0.3) is 0 Å². The van der Waals surface area contributed by atoms with Crippen LogP contribution in [0, 0.1) is 0 Å². The normalized spacial score (nSPS) is 11.6. The molecule has 0 radical (unpaired) electrons. The number of nitrogens with zero attached hydrogens (tertiary/aromatic N) is 2. The van der Waals surface area contributed by atoms with Crippen molar-refractivity contribution in [3.63, 3.8) is 0 Å². The zero-order valence-corrected chi connectivity index (χ0v) is 11.2. The Bertz CT molecular complexity index is 474. The van der Waals surface area contributed by atoms with Crippen LogP contribution in [0.3, 0.4) is 0 Å². The van der Waals surface area contributed by atoms with Crippen LogP contribution < -0.4 is 5.73 Å². The number of sulfonamides is 1. The molecule has 1 aromatic heterocycles. The van der Waals surface area contributed by atoms with Crippen LogP contribution in [0.2, 0.25) is 0 Å². The molecule has 5 nitrogen and oxygen atoms in total. The lowest BCUT2D eigenvalue weighted by molar-refractivity contribution is 0.426. The van der Waals surface area contributed by atoms with Gasteiger partial charge in [-0.2, -0.15) is 4.31 Å². The molecule has 0 saturated carbocycles. The van der Waals surface area contributed by atoms with Crippen molar-refractivity contribution >= 4 is 27.2 Å². The molecule has 17 heavy (non-hydrogen) atoms. The third-order valence-corrected chi connectivity index (χ3v) is 4.36. The fraction of sp³-hybridized carbons (Fsp3) is 0.400. The van der Waals surface area contributed by atoms with E-state index in [2.05, 4.69) is 17.2 Å². The minimum atomic E-state index is -3.42. The first kappa shape index (κ1) is 14.0. The second-order valence-corrected chi connectivity index (χ2v) is 6.00. The maximum Gasteiger partial charge on any atom is 0.220 e. The van der Waals surface area contributed by atoms with Gasteiger partial charge in [-0.25, -0.2) is 8.42 Å². The predicted octanol–water partition coefficient (Wildman–Crippen LogP) is 0.519. The molecule has 7 heteroatoms. The first-order valence-electron chi connectivity index (χ1n) is 5.10. The molecule has 0 amide bonds. The average Bonchev–Trinajstić information content (AvgIpc) is 2.25. The zero-order valence-electron chi connectivity index (χ0n) is 9.54. The summed E-state index contributed by atoms with van der Waals surface area (Å²) in [5, 5.41) is 0. The smallest absolute Gasteiger partial charge is 0.220 e. The van der Waals surface area contributed by atoms with Crippen molar-refractivity contribution in [2.24, 2.45) is 5.73 Å². The molecule has 2 N–H and O–H groups in total. The summed E-state index contributed by atoms with van der Waals surface area (Å²) < 4.78 is 25.2. The molecule has 1 aromatic rings. The quantitative estimate of drug-likeness (QED) is 0.765. The van der Waals surface area contributed by atoms with Crippen LogP contribution in [0.4, 0.5) is 0 Å². The summed E-state index contributed by atoms with van der Waals surface area (Å²) in [4.78, 5) is 3.86. The van der Waals surface area contributed by atoms with Crippen LogP contribution in [0.5, 0.6) is 0 Å². The van der Waals surface area contributed by atoms with E-state index in [4.69, 9.17) is 5.73 Å². The highest BCUT2D eigenvalue weighted by Crippen LogP contribution is 2.08. The van der Waals surface area contributed by atoms with Crippen molar-refractivity contribution in [3.05, 3.63) is 30.1 Å². The van der Waals surface area contributed by atoms with Gasteiger partial charge >= 0.3 is 0 Å². The number of hydrogen-bond acceptors (Lipinski definition) is 4. The van der Waals surface area contributed by atoms with Crippen LogP contribution >= 0.6 is 12.2 Å². The van der Waals surface area contributed by atoms with Crippen molar-refractivity contribution in [1.29, 1.82) is 0 Å². The van der Waals surface area contributed by atoms with Gasteiger partial charge in [0.05, 0.1) is 4.99 Å². The summed E-state index contributed by atoms with van der Waals surface area (Å²) in [6.45, 7) is 2.47. The molecule has 0 aliphatic heterocycles. The molecule has 0 bridgehead atoms. The van der Waals surface area contributed by atoms with Gasteiger partial charge in [0, 0.05) is 25.5 Å². The van der Waals surface area contributed by atoms with Crippen molar-refractivity contribution in [3.8, 4) is 0 Å². The lowest BCUT2D eigenvalue weighted by atomic mass is 10.3. The first-order chi connectivity index (χ1) is 7.95. The van der Waals surface area contributed by atoms with Crippen molar-refractivity contribution in [2.75, 3.05) is 12.3 Å². The molecule has 1 rings (SSSR count). The van der Waals surface area contributed by atoms with Gasteiger partial charge < -0.3 is 5.73 Å². The van der Waals surface area contributed by atoms with E-state index in [1.165, 1.54) is 4.31 Å². The molecular weight excluding hydrogens is 258 g/mol. The van der Waals surface area contributed by atoms with Crippen molar-refractivity contribution < 1.29 is 8.42 Å². The molecular formula is C10H15N3O2S2. The first-order valence-corrected chi connectivity index (χ1v) is 7.12. The maximum atomic E-state index is 11.9. The van der Waals surface area contributed by atoms with Gasteiger partial charge in [-0.05, 0) is 17.7 Å². The Morgan fingerprint density at radius 3 is 2.53 bits per heavy atom. The summed E-state index contributed by atoms with van der Waals surface area (Å²) in [6.07, 6.45) is 3.26. The number of aromatic nitrogens is 1. The molecule has 0 unspecified atom stereocenters. The highest BCUT2D eigenvalue weighted by atomic mass is 32.2. The summed E-state index contributed by atoms with van der Waals surface area (Å²) in [6, 6.07) is 3.55. The van der Waals surface area contributed by atoms with Gasteiger partial charge in [-0.3, -0.25) is 4.98 Å². The number of pyridine rings is 1. The maximum absolute atomic E-state index is 11.9. The second-order valence-electron chi connectivity index (χ2n) is 3.50. The van der Waals surface area contributed by atoms with Crippen LogP contribution in [0.15, 0.2) is 24.5 Å². The van der Waals surface area contributed by atoms with E-state index in [-0.39, 0.29) is 10.7 Å². The van der Waals surface area contributed by atoms with Gasteiger partial charge in [0.25, 0.3) is 0 Å². The second kappa shape index (κ2) is 6.04. The molecule has 0 atom stereocenters. The van der Waals surface area contributed by atoms with Gasteiger partial charge in [0.1, 0.15) is 5.75 Å². The van der Waals surface area contributed by atoms with Crippen LogP contribution in [-0.2, 0) is 16.6 Å². The minimum absolute atomic E-state index is 0.0156. The van der Waals surface area contributed by atoms with Gasteiger partial charge in [-0.15, -0.1) is 0 Å². The van der Waals surface area contributed by atoms with Gasteiger partial charge in [0.2, 0.25) is 10.0 Å². The van der Waals surface area contributed by atoms with Crippen molar-refractivity contribution in [2.45, 2.75) is 13.5 Å². The third-order valence-electron chi connectivity index (χ3n) is 2.18. The molecule has 0 saturated heterocycles. The van der Waals surface area contributed by atoms with E-state index in [1.807, 2.05) is 0 Å². The Kier molecular flexibility index (Phi) is 4.98. The lowest BCUT2D eigenvalue weighted by Gasteiger charge is -2.20. The topological polar surface area (TPSA) is 76.3 Å². The number of rotatable bonds is 6. The number of nitrogens with two attached hydrogens (primary N) is 1. The molecule has 1 heterocycles. The van der Waals surface area contributed by atoms with E-state index in [9.17, 15) is 8.42 Å². The standard InChI is InChI=1S/C10H15N3O2S2/c1-2-13(17(14,15)8-10(11)16)7-9-3-5-12-6-4-9/h3-6H,2,7-8H2,1H3,(H2,11,16). The van der Waals surface area contributed by atoms with Crippen LogP contribution in [-0.4, -0.2) is 35.0 Å². The van der Waals surface area contributed by atoms with Crippen molar-refractivity contribution in [1.82, 2.24) is 9.29 Å². The molecule has 0 fully saturated rings. The summed E-state index contributed by atoms with van der Waals surface area (Å²) in [5.41, 5.74) is 6.16. The fourth-order valence-electron chi connectivity index (χ4n) is 1.37. The van der Waals surface area contributed by atoms with E-state index in [0.29, 0.717) is 13.1 Å². The zero-order chi connectivity index (χ0) is 12.9.